The van der Waals surface area contributed by atoms with Gasteiger partial charge in [-0.2, -0.15) is 0 Å². The summed E-state index contributed by atoms with van der Waals surface area (Å²) < 4.78 is 12.1. The summed E-state index contributed by atoms with van der Waals surface area (Å²) in [4.78, 5) is 18.4. The van der Waals surface area contributed by atoms with Gasteiger partial charge in [-0.1, -0.05) is 48.0 Å². The zero-order valence-electron chi connectivity index (χ0n) is 19.2. The Balaban J connectivity index is 1.59. The van der Waals surface area contributed by atoms with Crippen molar-refractivity contribution in [1.29, 1.82) is 0 Å². The number of likely N-dealkylation sites (tertiary alicyclic amines) is 1. The molecule has 2 aromatic rings. The van der Waals surface area contributed by atoms with E-state index in [4.69, 9.17) is 9.47 Å². The number of hydrogen-bond acceptors (Lipinski definition) is 4. The first kappa shape index (κ1) is 21.4. The van der Waals surface area contributed by atoms with Gasteiger partial charge in [0.15, 0.2) is 11.5 Å². The SMILES string of the molecule is CC(C)C1C2C(=C(c3ccc(Br)cc3)N(C)C2(C)C)C(=O)N1Cc1ccc2c(c1)OCO2. The minimum Gasteiger partial charge on any atom is -0.454 e. The molecule has 1 saturated heterocycles. The highest BCUT2D eigenvalue weighted by atomic mass is 79.9. The largest absolute Gasteiger partial charge is 0.454 e. The quantitative estimate of drug-likeness (QED) is 0.576. The number of amides is 1. The first-order valence-corrected chi connectivity index (χ1v) is 11.9. The molecule has 3 aliphatic heterocycles. The number of ether oxygens (including phenoxy) is 2. The third kappa shape index (κ3) is 3.14. The fraction of sp³-hybridized carbons (Fsp3) is 0.423. The minimum atomic E-state index is -0.175. The number of fused-ring (bicyclic) bond motifs is 2. The van der Waals surface area contributed by atoms with Gasteiger partial charge in [-0.05, 0) is 55.2 Å². The Hall–Kier alpha value is -2.47. The van der Waals surface area contributed by atoms with E-state index in [0.717, 1.165) is 38.4 Å². The molecular weight excluding hydrogens is 468 g/mol. The van der Waals surface area contributed by atoms with Gasteiger partial charge in [0, 0.05) is 41.1 Å². The van der Waals surface area contributed by atoms with Crippen LogP contribution in [0.5, 0.6) is 11.5 Å². The maximum atomic E-state index is 14.0. The lowest BCUT2D eigenvalue weighted by Crippen LogP contribution is -2.49. The molecule has 2 atom stereocenters. The van der Waals surface area contributed by atoms with Crippen molar-refractivity contribution in [2.24, 2.45) is 11.8 Å². The Morgan fingerprint density at radius 1 is 1.09 bits per heavy atom. The summed E-state index contributed by atoms with van der Waals surface area (Å²) in [6, 6.07) is 14.4. The van der Waals surface area contributed by atoms with Crippen LogP contribution in [0.2, 0.25) is 0 Å². The van der Waals surface area contributed by atoms with Crippen LogP contribution in [0.3, 0.4) is 0 Å². The summed E-state index contributed by atoms with van der Waals surface area (Å²) in [6.07, 6.45) is 0. The number of halogens is 1. The van der Waals surface area contributed by atoms with Gasteiger partial charge < -0.3 is 19.3 Å². The van der Waals surface area contributed by atoms with Gasteiger partial charge in [-0.3, -0.25) is 4.79 Å². The second kappa shape index (κ2) is 7.55. The van der Waals surface area contributed by atoms with Gasteiger partial charge in [0.1, 0.15) is 0 Å². The van der Waals surface area contributed by atoms with Crippen molar-refractivity contribution < 1.29 is 14.3 Å². The van der Waals surface area contributed by atoms with Crippen molar-refractivity contribution >= 4 is 27.5 Å². The van der Waals surface area contributed by atoms with Crippen LogP contribution in [0.4, 0.5) is 0 Å². The predicted octanol–water partition coefficient (Wildman–Crippen LogP) is 5.30. The predicted molar refractivity (Wildman–Crippen MR) is 128 cm³/mol. The lowest BCUT2D eigenvalue weighted by molar-refractivity contribution is -0.127. The smallest absolute Gasteiger partial charge is 0.252 e. The number of benzene rings is 2. The number of rotatable bonds is 4. The van der Waals surface area contributed by atoms with Gasteiger partial charge in [0.2, 0.25) is 6.79 Å². The highest BCUT2D eigenvalue weighted by Gasteiger charge is 2.58. The molecule has 168 valence electrons. The molecule has 1 amide bonds. The molecule has 0 bridgehead atoms. The first-order chi connectivity index (χ1) is 15.2. The van der Waals surface area contributed by atoms with Gasteiger partial charge in [-0.15, -0.1) is 0 Å². The Kier molecular flexibility index (Phi) is 5.04. The van der Waals surface area contributed by atoms with E-state index in [1.807, 2.05) is 30.3 Å². The molecule has 2 aromatic carbocycles. The molecule has 0 aliphatic carbocycles. The lowest BCUT2D eigenvalue weighted by atomic mass is 9.77. The van der Waals surface area contributed by atoms with Gasteiger partial charge in [0.05, 0.1) is 5.70 Å². The van der Waals surface area contributed by atoms with Crippen molar-refractivity contribution in [3.8, 4) is 11.5 Å². The Morgan fingerprint density at radius 2 is 1.78 bits per heavy atom. The van der Waals surface area contributed by atoms with E-state index in [0.29, 0.717) is 12.5 Å². The van der Waals surface area contributed by atoms with E-state index in [1.54, 1.807) is 0 Å². The molecule has 5 nitrogen and oxygen atoms in total. The maximum Gasteiger partial charge on any atom is 0.252 e. The molecule has 0 spiro atoms. The van der Waals surface area contributed by atoms with Crippen molar-refractivity contribution in [3.05, 3.63) is 63.6 Å². The third-order valence-corrected chi connectivity index (χ3v) is 7.84. The minimum absolute atomic E-state index is 0.119. The summed E-state index contributed by atoms with van der Waals surface area (Å²) in [7, 11) is 2.12. The summed E-state index contributed by atoms with van der Waals surface area (Å²) in [5.74, 6) is 2.12. The van der Waals surface area contributed by atoms with Gasteiger partial charge in [0.25, 0.3) is 5.91 Å². The zero-order chi connectivity index (χ0) is 22.8. The number of carbonyl (C=O) groups is 1. The van der Waals surface area contributed by atoms with E-state index in [-0.39, 0.29) is 30.2 Å². The topological polar surface area (TPSA) is 42.0 Å². The summed E-state index contributed by atoms with van der Waals surface area (Å²) in [6.45, 7) is 9.78. The summed E-state index contributed by atoms with van der Waals surface area (Å²) >= 11 is 3.53. The molecule has 2 unspecified atom stereocenters. The van der Waals surface area contributed by atoms with Crippen molar-refractivity contribution in [3.63, 3.8) is 0 Å². The molecule has 0 saturated carbocycles. The maximum absolute atomic E-state index is 14.0. The number of carbonyl (C=O) groups excluding carboxylic acids is 1. The van der Waals surface area contributed by atoms with E-state index >= 15 is 0 Å². The van der Waals surface area contributed by atoms with E-state index < -0.39 is 0 Å². The second-order valence-electron chi connectivity index (χ2n) is 9.81. The van der Waals surface area contributed by atoms with Crippen molar-refractivity contribution in [2.75, 3.05) is 13.8 Å². The Labute approximate surface area is 198 Å². The molecular formula is C26H29BrN2O3. The van der Waals surface area contributed by atoms with E-state index in [1.165, 1.54) is 0 Å². The van der Waals surface area contributed by atoms with Crippen LogP contribution in [-0.2, 0) is 11.3 Å². The number of hydrogen-bond donors (Lipinski definition) is 0. The van der Waals surface area contributed by atoms with Crippen molar-refractivity contribution in [1.82, 2.24) is 9.80 Å². The summed E-state index contributed by atoms with van der Waals surface area (Å²) in [5.41, 5.74) is 3.97. The van der Waals surface area contributed by atoms with Crippen LogP contribution >= 0.6 is 15.9 Å². The van der Waals surface area contributed by atoms with Crippen LogP contribution in [-0.4, -0.2) is 41.1 Å². The van der Waals surface area contributed by atoms with E-state index in [9.17, 15) is 4.79 Å². The van der Waals surface area contributed by atoms with Gasteiger partial charge in [-0.25, -0.2) is 0 Å². The monoisotopic (exact) mass is 496 g/mol. The van der Waals surface area contributed by atoms with Crippen LogP contribution in [0.25, 0.3) is 5.70 Å². The van der Waals surface area contributed by atoms with E-state index in [2.05, 4.69) is 72.6 Å². The standard InChI is InChI=1S/C26H29BrN2O3/c1-15(2)23-22-21(24(28(5)26(22,3)4)17-7-9-18(27)10-8-17)25(30)29(23)13-16-6-11-19-20(12-16)32-14-31-19/h6-12,15,22-23H,13-14H2,1-5H3. The molecule has 6 heteroatoms. The highest BCUT2D eigenvalue weighted by Crippen LogP contribution is 2.53. The van der Waals surface area contributed by atoms with Crippen LogP contribution in [0.15, 0.2) is 52.5 Å². The molecule has 0 radical (unpaired) electrons. The Bertz CT molecular complexity index is 1110. The van der Waals surface area contributed by atoms with Crippen molar-refractivity contribution in [2.45, 2.75) is 45.8 Å². The average Bonchev–Trinajstić information content (AvgIpc) is 3.38. The molecule has 5 rings (SSSR count). The first-order valence-electron chi connectivity index (χ1n) is 11.1. The molecule has 0 N–H and O–H groups in total. The zero-order valence-corrected chi connectivity index (χ0v) is 20.8. The molecule has 3 aliphatic rings. The third-order valence-electron chi connectivity index (χ3n) is 7.31. The molecule has 0 aromatic heterocycles. The van der Waals surface area contributed by atoms with Crippen LogP contribution in [0, 0.1) is 11.8 Å². The molecule has 3 heterocycles. The second-order valence-corrected chi connectivity index (χ2v) is 10.7. The molecule has 1 fully saturated rings. The van der Waals surface area contributed by atoms with Crippen LogP contribution < -0.4 is 9.47 Å². The fourth-order valence-electron chi connectivity index (χ4n) is 5.59. The number of nitrogens with zero attached hydrogens (tertiary/aromatic N) is 2. The normalized spacial score (nSPS) is 23.5. The Morgan fingerprint density at radius 3 is 2.47 bits per heavy atom. The lowest BCUT2D eigenvalue weighted by Gasteiger charge is -2.42. The van der Waals surface area contributed by atoms with Crippen LogP contribution in [0.1, 0.15) is 38.8 Å². The fourth-order valence-corrected chi connectivity index (χ4v) is 5.85. The highest BCUT2D eigenvalue weighted by molar-refractivity contribution is 9.10. The summed E-state index contributed by atoms with van der Waals surface area (Å²) in [5, 5.41) is 0. The molecule has 32 heavy (non-hydrogen) atoms. The average molecular weight is 497 g/mol. The van der Waals surface area contributed by atoms with Gasteiger partial charge >= 0.3 is 0 Å².